The van der Waals surface area contributed by atoms with Crippen LogP contribution in [0.4, 0.5) is 0 Å². The maximum absolute atomic E-state index is 13.3. The molecule has 1 aromatic carbocycles. The molecule has 0 N–H and O–H groups in total. The fourth-order valence-corrected chi connectivity index (χ4v) is 4.16. The van der Waals surface area contributed by atoms with Gasteiger partial charge in [-0.3, -0.25) is 9.79 Å². The molecule has 1 atom stereocenters. The molecule has 2 heterocycles. The third-order valence-electron chi connectivity index (χ3n) is 5.75. The number of ether oxygens (including phenoxy) is 1. The molecule has 0 radical (unpaired) electrons. The summed E-state index contributed by atoms with van der Waals surface area (Å²) in [5, 5.41) is 0. The highest BCUT2D eigenvalue weighted by molar-refractivity contribution is 5.95. The van der Waals surface area contributed by atoms with Gasteiger partial charge in [-0.15, -0.1) is 0 Å². The molecule has 2 aromatic rings. The van der Waals surface area contributed by atoms with Crippen LogP contribution in [-0.2, 0) is 0 Å². The Bertz CT molecular complexity index is 930. The van der Waals surface area contributed by atoms with Crippen LogP contribution in [0.2, 0.25) is 0 Å². The molecule has 28 heavy (non-hydrogen) atoms. The number of nitrogens with zero attached hydrogens (tertiary/aromatic N) is 3. The van der Waals surface area contributed by atoms with Gasteiger partial charge >= 0.3 is 0 Å². The van der Waals surface area contributed by atoms with Crippen molar-refractivity contribution in [1.82, 2.24) is 9.88 Å². The second-order valence-corrected chi connectivity index (χ2v) is 7.73. The van der Waals surface area contributed by atoms with E-state index in [0.29, 0.717) is 17.7 Å². The standard InChI is InChI=1S/C23H23N3O2/c27-23(16-5-10-21(11-6-16)28-22-3-1-2-12-25-22)26(19-8-9-19)20-7-4-17-14-24-15-18(17)13-20/h1-3,5-6,10-12,15,19-20H,4,7-9,13-14H2. The first-order valence-corrected chi connectivity index (χ1v) is 10.0. The molecular weight excluding hydrogens is 350 g/mol. The van der Waals surface area contributed by atoms with E-state index in [-0.39, 0.29) is 11.9 Å². The number of hydrogen-bond acceptors (Lipinski definition) is 4. The van der Waals surface area contributed by atoms with Crippen LogP contribution in [0, 0.1) is 0 Å². The maximum atomic E-state index is 13.3. The van der Waals surface area contributed by atoms with Crippen LogP contribution in [0.1, 0.15) is 42.5 Å². The topological polar surface area (TPSA) is 54.8 Å². The van der Waals surface area contributed by atoms with Crippen LogP contribution in [0.3, 0.4) is 0 Å². The molecule has 5 nitrogen and oxygen atoms in total. The van der Waals surface area contributed by atoms with Gasteiger partial charge in [-0.25, -0.2) is 4.98 Å². The monoisotopic (exact) mass is 373 g/mol. The summed E-state index contributed by atoms with van der Waals surface area (Å²) in [6, 6.07) is 13.6. The summed E-state index contributed by atoms with van der Waals surface area (Å²) in [4.78, 5) is 24.0. The molecule has 5 rings (SSSR count). The second-order valence-electron chi connectivity index (χ2n) is 7.73. The van der Waals surface area contributed by atoms with E-state index in [4.69, 9.17) is 4.74 Å². The molecule has 3 aliphatic rings. The van der Waals surface area contributed by atoms with Crippen LogP contribution in [0.25, 0.3) is 0 Å². The van der Waals surface area contributed by atoms with E-state index < -0.39 is 0 Å². The molecule has 1 amide bonds. The maximum Gasteiger partial charge on any atom is 0.254 e. The fourth-order valence-electron chi connectivity index (χ4n) is 4.16. The summed E-state index contributed by atoms with van der Waals surface area (Å²) in [6.07, 6.45) is 8.99. The Balaban J connectivity index is 1.32. The molecule has 1 fully saturated rings. The highest BCUT2D eigenvalue weighted by atomic mass is 16.5. The van der Waals surface area contributed by atoms with Gasteiger partial charge in [-0.2, -0.15) is 0 Å². The van der Waals surface area contributed by atoms with Gasteiger partial charge in [0.1, 0.15) is 5.75 Å². The Morgan fingerprint density at radius 3 is 2.64 bits per heavy atom. The van der Waals surface area contributed by atoms with Crippen molar-refractivity contribution in [2.75, 3.05) is 6.54 Å². The summed E-state index contributed by atoms with van der Waals surface area (Å²) in [6.45, 7) is 0.858. The zero-order chi connectivity index (χ0) is 18.9. The predicted molar refractivity (Wildman–Crippen MR) is 108 cm³/mol. The largest absolute Gasteiger partial charge is 0.439 e. The van der Waals surface area contributed by atoms with Crippen molar-refractivity contribution in [1.29, 1.82) is 0 Å². The van der Waals surface area contributed by atoms with Gasteiger partial charge in [0, 0.05) is 36.1 Å². The van der Waals surface area contributed by atoms with E-state index in [2.05, 4.69) is 14.9 Å². The number of benzene rings is 1. The number of carbonyl (C=O) groups excluding carboxylic acids is 1. The van der Waals surface area contributed by atoms with Crippen LogP contribution in [-0.4, -0.2) is 40.6 Å². The van der Waals surface area contributed by atoms with Gasteiger partial charge in [0.25, 0.3) is 5.91 Å². The fraction of sp³-hybridized carbons (Fsp3) is 0.348. The summed E-state index contributed by atoms with van der Waals surface area (Å²) < 4.78 is 5.74. The zero-order valence-corrected chi connectivity index (χ0v) is 15.8. The van der Waals surface area contributed by atoms with Crippen molar-refractivity contribution in [2.45, 2.75) is 44.2 Å². The average Bonchev–Trinajstić information content (AvgIpc) is 3.45. The Morgan fingerprint density at radius 1 is 1.04 bits per heavy atom. The minimum Gasteiger partial charge on any atom is -0.439 e. The molecule has 1 aliphatic heterocycles. The lowest BCUT2D eigenvalue weighted by molar-refractivity contribution is 0.0645. The molecule has 0 saturated heterocycles. The number of hydrogen-bond donors (Lipinski definition) is 0. The quantitative estimate of drug-likeness (QED) is 0.780. The SMILES string of the molecule is O=C(c1ccc(Oc2ccccn2)cc1)N(C1CC1)C1CCC2=C(C=NC2)C1. The first-order valence-electron chi connectivity index (χ1n) is 10.0. The van der Waals surface area contributed by atoms with E-state index in [1.165, 1.54) is 11.1 Å². The van der Waals surface area contributed by atoms with Gasteiger partial charge < -0.3 is 9.64 Å². The Kier molecular flexibility index (Phi) is 4.43. The number of pyridine rings is 1. The van der Waals surface area contributed by atoms with Crippen LogP contribution >= 0.6 is 0 Å². The van der Waals surface area contributed by atoms with Crippen molar-refractivity contribution >= 4 is 12.1 Å². The summed E-state index contributed by atoms with van der Waals surface area (Å²) in [7, 11) is 0. The van der Waals surface area contributed by atoms with Crippen molar-refractivity contribution in [3.63, 3.8) is 0 Å². The van der Waals surface area contributed by atoms with Gasteiger partial charge in [-0.05, 0) is 73.6 Å². The first-order chi connectivity index (χ1) is 13.8. The molecule has 0 spiro atoms. The minimum atomic E-state index is 0.135. The summed E-state index contributed by atoms with van der Waals surface area (Å²) in [5.74, 6) is 1.37. The van der Waals surface area contributed by atoms with E-state index in [0.717, 1.165) is 44.2 Å². The van der Waals surface area contributed by atoms with Crippen LogP contribution in [0.5, 0.6) is 11.6 Å². The number of aliphatic imine (C=N–C) groups is 1. The van der Waals surface area contributed by atoms with E-state index >= 15 is 0 Å². The molecule has 1 aromatic heterocycles. The Labute approximate surface area is 164 Å². The smallest absolute Gasteiger partial charge is 0.254 e. The molecule has 1 unspecified atom stereocenters. The van der Waals surface area contributed by atoms with Crippen molar-refractivity contribution in [3.05, 3.63) is 65.4 Å². The predicted octanol–water partition coefficient (Wildman–Crippen LogP) is 4.41. The lowest BCUT2D eigenvalue weighted by Gasteiger charge is -2.35. The Hall–Kier alpha value is -2.95. The van der Waals surface area contributed by atoms with Gasteiger partial charge in [0.15, 0.2) is 0 Å². The van der Waals surface area contributed by atoms with Gasteiger partial charge in [0.05, 0.1) is 6.54 Å². The molecule has 0 bridgehead atoms. The van der Waals surface area contributed by atoms with Crippen LogP contribution < -0.4 is 4.74 Å². The van der Waals surface area contributed by atoms with E-state index in [9.17, 15) is 4.79 Å². The minimum absolute atomic E-state index is 0.135. The average molecular weight is 373 g/mol. The number of carbonyl (C=O) groups is 1. The highest BCUT2D eigenvalue weighted by Gasteiger charge is 2.39. The highest BCUT2D eigenvalue weighted by Crippen LogP contribution is 2.37. The first kappa shape index (κ1) is 17.2. The molecule has 5 heteroatoms. The van der Waals surface area contributed by atoms with Gasteiger partial charge in [-0.1, -0.05) is 6.07 Å². The lowest BCUT2D eigenvalue weighted by Crippen LogP contribution is -2.43. The zero-order valence-electron chi connectivity index (χ0n) is 15.8. The molecule has 142 valence electrons. The third-order valence-corrected chi connectivity index (χ3v) is 5.75. The second kappa shape index (κ2) is 7.23. The molecular formula is C23H23N3O2. The summed E-state index contributed by atoms with van der Waals surface area (Å²) in [5.41, 5.74) is 3.55. The lowest BCUT2D eigenvalue weighted by atomic mass is 9.88. The van der Waals surface area contributed by atoms with Gasteiger partial charge in [0.2, 0.25) is 5.88 Å². The third kappa shape index (κ3) is 3.44. The van der Waals surface area contributed by atoms with Crippen molar-refractivity contribution in [2.24, 2.45) is 4.99 Å². The normalized spacial score (nSPS) is 20.8. The van der Waals surface area contributed by atoms with E-state index in [1.807, 2.05) is 48.7 Å². The Morgan fingerprint density at radius 2 is 1.89 bits per heavy atom. The van der Waals surface area contributed by atoms with E-state index in [1.54, 1.807) is 6.20 Å². The van der Waals surface area contributed by atoms with Crippen LogP contribution in [0.15, 0.2) is 64.8 Å². The number of aromatic nitrogens is 1. The van der Waals surface area contributed by atoms with Crippen molar-refractivity contribution < 1.29 is 9.53 Å². The molecule has 2 aliphatic carbocycles. The number of rotatable bonds is 5. The number of amides is 1. The summed E-state index contributed by atoms with van der Waals surface area (Å²) >= 11 is 0. The van der Waals surface area contributed by atoms with Crippen molar-refractivity contribution in [3.8, 4) is 11.6 Å². The molecule has 1 saturated carbocycles.